The number of carbonyl (C=O) groups is 1. The lowest BCUT2D eigenvalue weighted by atomic mass is 9.77. The monoisotopic (exact) mass is 272 g/mol. The number of rotatable bonds is 1. The number of hydrogen-bond acceptors (Lipinski definition) is 2. The molecule has 3 nitrogen and oxygen atoms in total. The Bertz CT molecular complexity index is 508. The van der Waals surface area contributed by atoms with Crippen LogP contribution in [0.2, 0.25) is 0 Å². The average Bonchev–Trinajstić information content (AvgIpc) is 2.90. The second-order valence-electron chi connectivity index (χ2n) is 6.57. The molecule has 0 bridgehead atoms. The number of nitrogen functional groups attached to an aromatic ring is 1. The number of hydrogen-bond donors (Lipinski definition) is 1. The molecule has 2 aliphatic rings. The molecule has 20 heavy (non-hydrogen) atoms. The van der Waals surface area contributed by atoms with E-state index < -0.39 is 0 Å². The van der Waals surface area contributed by atoms with Crippen LogP contribution in [0.3, 0.4) is 0 Å². The molecule has 2 fully saturated rings. The van der Waals surface area contributed by atoms with Gasteiger partial charge < -0.3 is 10.6 Å². The summed E-state index contributed by atoms with van der Waals surface area (Å²) in [5, 5.41) is 0. The minimum absolute atomic E-state index is 0.155. The van der Waals surface area contributed by atoms with Gasteiger partial charge in [-0.25, -0.2) is 0 Å². The Morgan fingerprint density at radius 1 is 1.15 bits per heavy atom. The largest absolute Gasteiger partial charge is 0.399 e. The van der Waals surface area contributed by atoms with Gasteiger partial charge in [0.25, 0.3) is 5.91 Å². The van der Waals surface area contributed by atoms with E-state index in [1.807, 2.05) is 30.0 Å². The first kappa shape index (κ1) is 13.5. The third-order valence-electron chi connectivity index (χ3n) is 5.27. The van der Waals surface area contributed by atoms with Gasteiger partial charge in [-0.2, -0.15) is 0 Å². The summed E-state index contributed by atoms with van der Waals surface area (Å²) in [5.74, 6) is 0.155. The lowest BCUT2D eigenvalue weighted by Crippen LogP contribution is -2.42. The molecule has 1 spiro atoms. The minimum Gasteiger partial charge on any atom is -0.399 e. The fraction of sp³-hybridized carbons (Fsp3) is 0.588. The molecule has 0 unspecified atom stereocenters. The van der Waals surface area contributed by atoms with Crippen LogP contribution < -0.4 is 5.73 Å². The van der Waals surface area contributed by atoms with Crippen molar-refractivity contribution in [3.05, 3.63) is 29.3 Å². The van der Waals surface area contributed by atoms with Crippen molar-refractivity contribution < 1.29 is 4.79 Å². The van der Waals surface area contributed by atoms with Gasteiger partial charge in [-0.05, 0) is 55.7 Å². The van der Waals surface area contributed by atoms with E-state index in [1.54, 1.807) is 0 Å². The van der Waals surface area contributed by atoms with Gasteiger partial charge >= 0.3 is 0 Å². The highest BCUT2D eigenvalue weighted by Crippen LogP contribution is 2.46. The Kier molecular flexibility index (Phi) is 3.45. The molecule has 1 heterocycles. The molecular formula is C17H24N2O. The molecule has 3 rings (SSSR count). The molecule has 108 valence electrons. The predicted octanol–water partition coefficient (Wildman–Crippen LogP) is 3.37. The highest BCUT2D eigenvalue weighted by molar-refractivity contribution is 5.96. The number of amides is 1. The number of carbonyl (C=O) groups excluding carboxylic acids is 1. The van der Waals surface area contributed by atoms with Crippen molar-refractivity contribution in [2.45, 2.75) is 45.4 Å². The van der Waals surface area contributed by atoms with E-state index in [1.165, 1.54) is 38.5 Å². The van der Waals surface area contributed by atoms with Gasteiger partial charge in [-0.15, -0.1) is 0 Å². The zero-order valence-electron chi connectivity index (χ0n) is 12.3. The standard InChI is InChI=1S/C17H24N2O/c1-13-4-5-14(18)12-15(13)16(20)19-10-8-17(9-11-19)6-2-3-7-17/h4-5,12H,2-3,6-11,18H2,1H3. The van der Waals surface area contributed by atoms with Crippen LogP contribution in [0.5, 0.6) is 0 Å². The lowest BCUT2D eigenvalue weighted by molar-refractivity contribution is 0.0587. The second-order valence-corrected chi connectivity index (χ2v) is 6.57. The van der Waals surface area contributed by atoms with E-state index in [2.05, 4.69) is 0 Å². The Morgan fingerprint density at radius 2 is 1.80 bits per heavy atom. The highest BCUT2D eigenvalue weighted by Gasteiger charge is 2.38. The first-order chi connectivity index (χ1) is 9.60. The molecule has 1 aliphatic carbocycles. The number of aryl methyl sites for hydroxylation is 1. The van der Waals surface area contributed by atoms with E-state index in [4.69, 9.17) is 5.73 Å². The predicted molar refractivity (Wildman–Crippen MR) is 81.6 cm³/mol. The summed E-state index contributed by atoms with van der Waals surface area (Å²) in [5.41, 5.74) is 8.83. The molecular weight excluding hydrogens is 248 g/mol. The highest BCUT2D eigenvalue weighted by atomic mass is 16.2. The number of nitrogens with two attached hydrogens (primary N) is 1. The Balaban J connectivity index is 1.71. The van der Waals surface area contributed by atoms with E-state index in [0.717, 1.165) is 24.2 Å². The van der Waals surface area contributed by atoms with Crippen LogP contribution in [-0.2, 0) is 0 Å². The normalized spacial score (nSPS) is 21.4. The molecule has 1 aromatic carbocycles. The van der Waals surface area contributed by atoms with Gasteiger partial charge in [0.15, 0.2) is 0 Å². The number of nitrogens with zero attached hydrogens (tertiary/aromatic N) is 1. The van der Waals surface area contributed by atoms with Crippen LogP contribution in [0.15, 0.2) is 18.2 Å². The van der Waals surface area contributed by atoms with Gasteiger partial charge in [-0.3, -0.25) is 4.79 Å². The average molecular weight is 272 g/mol. The van der Waals surface area contributed by atoms with Crippen LogP contribution in [0.1, 0.15) is 54.4 Å². The van der Waals surface area contributed by atoms with Gasteiger partial charge in [-0.1, -0.05) is 18.9 Å². The van der Waals surface area contributed by atoms with Crippen molar-refractivity contribution in [1.29, 1.82) is 0 Å². The summed E-state index contributed by atoms with van der Waals surface area (Å²) in [4.78, 5) is 14.7. The maximum atomic E-state index is 12.6. The Labute approximate surface area is 121 Å². The van der Waals surface area contributed by atoms with Gasteiger partial charge in [0.1, 0.15) is 0 Å². The number of anilines is 1. The summed E-state index contributed by atoms with van der Waals surface area (Å²) >= 11 is 0. The molecule has 0 aromatic heterocycles. The topological polar surface area (TPSA) is 46.3 Å². The lowest BCUT2D eigenvalue weighted by Gasteiger charge is -2.39. The fourth-order valence-corrected chi connectivity index (χ4v) is 3.85. The molecule has 0 radical (unpaired) electrons. The van der Waals surface area contributed by atoms with Gasteiger partial charge in [0.2, 0.25) is 0 Å². The van der Waals surface area contributed by atoms with Crippen LogP contribution in [0.4, 0.5) is 5.69 Å². The summed E-state index contributed by atoms with van der Waals surface area (Å²) in [6.45, 7) is 3.80. The quantitative estimate of drug-likeness (QED) is 0.797. The van der Waals surface area contributed by atoms with E-state index in [9.17, 15) is 4.79 Å². The summed E-state index contributed by atoms with van der Waals surface area (Å²) in [6.07, 6.45) is 7.85. The SMILES string of the molecule is Cc1ccc(N)cc1C(=O)N1CCC2(CCCC2)CC1. The van der Waals surface area contributed by atoms with Crippen molar-refractivity contribution in [3.63, 3.8) is 0 Å². The van der Waals surface area contributed by atoms with Crippen molar-refractivity contribution in [2.75, 3.05) is 18.8 Å². The van der Waals surface area contributed by atoms with Crippen LogP contribution in [0, 0.1) is 12.3 Å². The van der Waals surface area contributed by atoms with Crippen molar-refractivity contribution >= 4 is 11.6 Å². The maximum Gasteiger partial charge on any atom is 0.254 e. The maximum absolute atomic E-state index is 12.6. The third kappa shape index (κ3) is 2.41. The molecule has 3 heteroatoms. The second kappa shape index (κ2) is 5.12. The molecule has 1 saturated carbocycles. The van der Waals surface area contributed by atoms with Crippen LogP contribution in [0.25, 0.3) is 0 Å². The Hall–Kier alpha value is -1.51. The molecule has 1 amide bonds. The van der Waals surface area contributed by atoms with E-state index in [-0.39, 0.29) is 5.91 Å². The van der Waals surface area contributed by atoms with Crippen LogP contribution >= 0.6 is 0 Å². The first-order valence-electron chi connectivity index (χ1n) is 7.75. The zero-order valence-corrected chi connectivity index (χ0v) is 12.3. The van der Waals surface area contributed by atoms with E-state index >= 15 is 0 Å². The molecule has 1 saturated heterocycles. The third-order valence-corrected chi connectivity index (χ3v) is 5.27. The summed E-state index contributed by atoms with van der Waals surface area (Å²) in [7, 11) is 0. The first-order valence-corrected chi connectivity index (χ1v) is 7.75. The zero-order chi connectivity index (χ0) is 14.2. The fourth-order valence-electron chi connectivity index (χ4n) is 3.85. The summed E-state index contributed by atoms with van der Waals surface area (Å²) < 4.78 is 0. The van der Waals surface area contributed by atoms with Gasteiger partial charge in [0, 0.05) is 24.3 Å². The minimum atomic E-state index is 0.155. The van der Waals surface area contributed by atoms with Crippen molar-refractivity contribution in [2.24, 2.45) is 5.41 Å². The van der Waals surface area contributed by atoms with E-state index in [0.29, 0.717) is 11.1 Å². The number of benzene rings is 1. The molecule has 2 N–H and O–H groups in total. The Morgan fingerprint density at radius 3 is 2.45 bits per heavy atom. The van der Waals surface area contributed by atoms with Gasteiger partial charge in [0.05, 0.1) is 0 Å². The molecule has 1 aliphatic heterocycles. The molecule has 0 atom stereocenters. The number of likely N-dealkylation sites (tertiary alicyclic amines) is 1. The number of piperidine rings is 1. The van der Waals surface area contributed by atoms with Crippen molar-refractivity contribution in [3.8, 4) is 0 Å². The van der Waals surface area contributed by atoms with Crippen molar-refractivity contribution in [1.82, 2.24) is 4.90 Å². The smallest absolute Gasteiger partial charge is 0.254 e. The molecule has 1 aromatic rings. The summed E-state index contributed by atoms with van der Waals surface area (Å²) in [6, 6.07) is 5.61. The van der Waals surface area contributed by atoms with Crippen LogP contribution in [-0.4, -0.2) is 23.9 Å².